The largest absolute Gasteiger partial charge is 0.300 e. The van der Waals surface area contributed by atoms with Gasteiger partial charge >= 0.3 is 0 Å². The average molecular weight is 181 g/mol. The van der Waals surface area contributed by atoms with Gasteiger partial charge in [0.25, 0.3) is 0 Å². The zero-order valence-electron chi connectivity index (χ0n) is 9.29. The van der Waals surface area contributed by atoms with Crippen LogP contribution < -0.4 is 0 Å². The number of hydrogen-bond donors (Lipinski definition) is 0. The van der Waals surface area contributed by atoms with Gasteiger partial charge in [0.2, 0.25) is 0 Å². The summed E-state index contributed by atoms with van der Waals surface area (Å²) in [5.74, 6) is 3.20. The van der Waals surface area contributed by atoms with Crippen molar-refractivity contribution in [2.75, 3.05) is 13.1 Å². The summed E-state index contributed by atoms with van der Waals surface area (Å²) in [6.07, 6.45) is 4.16. The summed E-state index contributed by atoms with van der Waals surface area (Å²) in [5.41, 5.74) is 0. The Balaban J connectivity index is 1.71. The first kappa shape index (κ1) is 9.51. The van der Waals surface area contributed by atoms with Crippen molar-refractivity contribution in [3.63, 3.8) is 0 Å². The number of piperidine rings is 1. The lowest BCUT2D eigenvalue weighted by Gasteiger charge is -2.26. The highest BCUT2D eigenvalue weighted by Crippen LogP contribution is 2.51. The van der Waals surface area contributed by atoms with Crippen LogP contribution in [0.25, 0.3) is 0 Å². The topological polar surface area (TPSA) is 3.24 Å². The normalized spacial score (nSPS) is 40.4. The second-order valence-electron chi connectivity index (χ2n) is 5.13. The van der Waals surface area contributed by atoms with Crippen molar-refractivity contribution < 1.29 is 0 Å². The maximum absolute atomic E-state index is 2.71. The lowest BCUT2D eigenvalue weighted by Crippen LogP contribution is -2.33. The number of fused-ring (bicyclic) bond motifs is 1. The molecule has 2 fully saturated rings. The monoisotopic (exact) mass is 181 g/mol. The smallest absolute Gasteiger partial charge is 0.00671 e. The molecule has 1 aliphatic carbocycles. The molecule has 0 aromatic heterocycles. The molecule has 1 heteroatoms. The first-order valence-corrected chi connectivity index (χ1v) is 5.98. The van der Waals surface area contributed by atoms with Crippen molar-refractivity contribution >= 4 is 0 Å². The Morgan fingerprint density at radius 2 is 1.92 bits per heavy atom. The molecule has 0 radical (unpaired) electrons. The zero-order chi connectivity index (χ0) is 9.42. The van der Waals surface area contributed by atoms with E-state index in [4.69, 9.17) is 0 Å². The Morgan fingerprint density at radius 3 is 2.46 bits per heavy atom. The van der Waals surface area contributed by atoms with Crippen LogP contribution in [-0.2, 0) is 0 Å². The Hall–Kier alpha value is -0.0400. The first-order chi connectivity index (χ1) is 6.24. The number of rotatable bonds is 4. The van der Waals surface area contributed by atoms with E-state index in [-0.39, 0.29) is 0 Å². The molecule has 0 aromatic carbocycles. The highest BCUT2D eigenvalue weighted by molar-refractivity contribution is 5.03. The van der Waals surface area contributed by atoms with Crippen LogP contribution in [0.15, 0.2) is 0 Å². The molecule has 0 N–H and O–H groups in total. The molecular formula is C12H23N. The van der Waals surface area contributed by atoms with Gasteiger partial charge in [-0.05, 0) is 31.1 Å². The van der Waals surface area contributed by atoms with Crippen LogP contribution in [-0.4, -0.2) is 24.0 Å². The first-order valence-electron chi connectivity index (χ1n) is 5.98. The van der Waals surface area contributed by atoms with Gasteiger partial charge in [-0.2, -0.15) is 0 Å². The van der Waals surface area contributed by atoms with Gasteiger partial charge in [-0.1, -0.05) is 26.7 Å². The van der Waals surface area contributed by atoms with E-state index >= 15 is 0 Å². The van der Waals surface area contributed by atoms with E-state index in [0.717, 1.165) is 23.8 Å². The minimum atomic E-state index is 0.847. The molecule has 2 aliphatic rings. The van der Waals surface area contributed by atoms with Crippen molar-refractivity contribution in [2.24, 2.45) is 17.8 Å². The highest BCUT2D eigenvalue weighted by Gasteiger charge is 2.52. The van der Waals surface area contributed by atoms with Gasteiger partial charge in [-0.15, -0.1) is 0 Å². The molecule has 0 bridgehead atoms. The van der Waals surface area contributed by atoms with Gasteiger partial charge in [-0.3, -0.25) is 0 Å². The Morgan fingerprint density at radius 1 is 1.31 bits per heavy atom. The third kappa shape index (κ3) is 1.76. The summed E-state index contributed by atoms with van der Waals surface area (Å²) in [5, 5.41) is 0. The van der Waals surface area contributed by atoms with Crippen LogP contribution in [0.3, 0.4) is 0 Å². The second kappa shape index (κ2) is 3.61. The third-order valence-corrected chi connectivity index (χ3v) is 4.25. The van der Waals surface area contributed by atoms with E-state index in [1.54, 1.807) is 0 Å². The second-order valence-corrected chi connectivity index (χ2v) is 5.13. The van der Waals surface area contributed by atoms with Crippen molar-refractivity contribution in [3.05, 3.63) is 0 Å². The number of unbranched alkanes of at least 4 members (excludes halogenated alkanes) is 1. The summed E-state index contributed by atoms with van der Waals surface area (Å²) >= 11 is 0. The molecule has 1 heterocycles. The molecule has 1 saturated carbocycles. The zero-order valence-corrected chi connectivity index (χ0v) is 9.29. The summed E-state index contributed by atoms with van der Waals surface area (Å²) in [4.78, 5) is 2.71. The minimum Gasteiger partial charge on any atom is -0.300 e. The lowest BCUT2D eigenvalue weighted by molar-refractivity contribution is 0.210. The van der Waals surface area contributed by atoms with Crippen molar-refractivity contribution in [2.45, 2.75) is 46.1 Å². The van der Waals surface area contributed by atoms with Crippen molar-refractivity contribution in [1.82, 2.24) is 4.90 Å². The Labute approximate surface area is 82.5 Å². The van der Waals surface area contributed by atoms with Crippen LogP contribution in [0.2, 0.25) is 0 Å². The SMILES string of the molecule is CCCCC(C)N1C[C@@H]2C(C)[C@@H]2C1. The van der Waals surface area contributed by atoms with Crippen LogP contribution in [0.1, 0.15) is 40.0 Å². The molecule has 4 atom stereocenters. The van der Waals surface area contributed by atoms with Crippen molar-refractivity contribution in [3.8, 4) is 0 Å². The van der Waals surface area contributed by atoms with Gasteiger partial charge < -0.3 is 4.90 Å². The van der Waals surface area contributed by atoms with E-state index < -0.39 is 0 Å². The van der Waals surface area contributed by atoms with E-state index in [1.165, 1.54) is 32.4 Å². The molecule has 1 nitrogen and oxygen atoms in total. The molecule has 1 aliphatic heterocycles. The lowest BCUT2D eigenvalue weighted by atomic mass is 10.1. The average Bonchev–Trinajstić information content (AvgIpc) is 2.62. The predicted molar refractivity (Wildman–Crippen MR) is 56.7 cm³/mol. The van der Waals surface area contributed by atoms with Crippen LogP contribution in [0.4, 0.5) is 0 Å². The van der Waals surface area contributed by atoms with E-state index in [1.807, 2.05) is 0 Å². The number of hydrogen-bond acceptors (Lipinski definition) is 1. The molecule has 0 aromatic rings. The fourth-order valence-corrected chi connectivity index (χ4v) is 2.90. The Kier molecular flexibility index (Phi) is 2.64. The van der Waals surface area contributed by atoms with Crippen LogP contribution in [0, 0.1) is 17.8 Å². The van der Waals surface area contributed by atoms with Gasteiger partial charge in [0, 0.05) is 19.1 Å². The fraction of sp³-hybridized carbons (Fsp3) is 1.00. The summed E-state index contributed by atoms with van der Waals surface area (Å²) in [7, 11) is 0. The molecule has 2 unspecified atom stereocenters. The molecule has 2 rings (SSSR count). The summed E-state index contributed by atoms with van der Waals surface area (Å²) in [6.45, 7) is 9.91. The minimum absolute atomic E-state index is 0.847. The van der Waals surface area contributed by atoms with E-state index in [9.17, 15) is 0 Å². The van der Waals surface area contributed by atoms with E-state index in [2.05, 4.69) is 25.7 Å². The molecule has 0 spiro atoms. The number of likely N-dealkylation sites (tertiary alicyclic amines) is 1. The van der Waals surface area contributed by atoms with Gasteiger partial charge in [0.05, 0.1) is 0 Å². The molecular weight excluding hydrogens is 158 g/mol. The molecule has 76 valence electrons. The van der Waals surface area contributed by atoms with Crippen LogP contribution in [0.5, 0.6) is 0 Å². The number of nitrogens with zero attached hydrogens (tertiary/aromatic N) is 1. The van der Waals surface area contributed by atoms with Gasteiger partial charge in [-0.25, -0.2) is 0 Å². The quantitative estimate of drug-likeness (QED) is 0.644. The standard InChI is InChI=1S/C12H23N/c1-4-5-6-9(2)13-7-11-10(3)12(11)8-13/h9-12H,4-8H2,1-3H3/t9?,10?,11-,12+. The highest BCUT2D eigenvalue weighted by atomic mass is 15.2. The fourth-order valence-electron chi connectivity index (χ4n) is 2.90. The van der Waals surface area contributed by atoms with Gasteiger partial charge in [0.1, 0.15) is 0 Å². The van der Waals surface area contributed by atoms with E-state index in [0.29, 0.717) is 0 Å². The predicted octanol–water partition coefficient (Wildman–Crippen LogP) is 2.76. The summed E-state index contributed by atoms with van der Waals surface area (Å²) in [6, 6.07) is 0.847. The van der Waals surface area contributed by atoms with Crippen LogP contribution >= 0.6 is 0 Å². The molecule has 0 amide bonds. The molecule has 1 saturated heterocycles. The maximum atomic E-state index is 2.71. The molecule has 13 heavy (non-hydrogen) atoms. The van der Waals surface area contributed by atoms with Crippen molar-refractivity contribution in [1.29, 1.82) is 0 Å². The maximum Gasteiger partial charge on any atom is 0.00671 e. The van der Waals surface area contributed by atoms with Gasteiger partial charge in [0.15, 0.2) is 0 Å². The third-order valence-electron chi connectivity index (χ3n) is 4.25. The summed E-state index contributed by atoms with van der Waals surface area (Å²) < 4.78 is 0. The Bertz CT molecular complexity index is 166.